The van der Waals surface area contributed by atoms with Crippen molar-refractivity contribution < 1.29 is 0 Å². The van der Waals surface area contributed by atoms with Gasteiger partial charge in [0.15, 0.2) is 5.16 Å². The summed E-state index contributed by atoms with van der Waals surface area (Å²) in [6, 6.07) is 17.3. The van der Waals surface area contributed by atoms with Crippen molar-refractivity contribution in [1.29, 1.82) is 0 Å². The van der Waals surface area contributed by atoms with Crippen LogP contribution in [-0.4, -0.2) is 32.8 Å². The molecule has 4 nitrogen and oxygen atoms in total. The SMILES string of the molecule is Cc1ccc(C)c(CSc2nnc(CN3CCCC3)n2Cc2ccccc2)c1. The molecule has 28 heavy (non-hydrogen) atoms. The van der Waals surface area contributed by atoms with Gasteiger partial charge in [-0.15, -0.1) is 10.2 Å². The van der Waals surface area contributed by atoms with Crippen LogP contribution in [0.15, 0.2) is 53.7 Å². The van der Waals surface area contributed by atoms with Crippen molar-refractivity contribution >= 4 is 11.8 Å². The molecule has 1 saturated heterocycles. The van der Waals surface area contributed by atoms with Crippen LogP contribution in [0.25, 0.3) is 0 Å². The van der Waals surface area contributed by atoms with Crippen LogP contribution in [0.5, 0.6) is 0 Å². The molecule has 0 N–H and O–H groups in total. The smallest absolute Gasteiger partial charge is 0.191 e. The molecule has 4 rings (SSSR count). The van der Waals surface area contributed by atoms with Gasteiger partial charge >= 0.3 is 0 Å². The van der Waals surface area contributed by atoms with Crippen LogP contribution in [0.1, 0.15) is 40.9 Å². The summed E-state index contributed by atoms with van der Waals surface area (Å²) in [7, 11) is 0. The summed E-state index contributed by atoms with van der Waals surface area (Å²) in [4.78, 5) is 2.49. The van der Waals surface area contributed by atoms with Gasteiger partial charge in [0.2, 0.25) is 0 Å². The van der Waals surface area contributed by atoms with Gasteiger partial charge in [-0.25, -0.2) is 0 Å². The van der Waals surface area contributed by atoms with Gasteiger partial charge in [-0.2, -0.15) is 0 Å². The molecule has 3 aromatic rings. The molecule has 1 aliphatic heterocycles. The minimum atomic E-state index is 0.826. The normalized spacial score (nSPS) is 14.6. The van der Waals surface area contributed by atoms with Crippen molar-refractivity contribution in [2.75, 3.05) is 13.1 Å². The van der Waals surface area contributed by atoms with Gasteiger partial charge < -0.3 is 4.57 Å². The van der Waals surface area contributed by atoms with Crippen LogP contribution in [0, 0.1) is 13.8 Å². The molecule has 0 saturated carbocycles. The van der Waals surface area contributed by atoms with E-state index < -0.39 is 0 Å². The molecule has 1 aromatic heterocycles. The monoisotopic (exact) mass is 392 g/mol. The molecule has 0 unspecified atom stereocenters. The lowest BCUT2D eigenvalue weighted by Crippen LogP contribution is -2.21. The summed E-state index contributed by atoms with van der Waals surface area (Å²) in [6.45, 7) is 8.39. The molecule has 0 aliphatic carbocycles. The van der Waals surface area contributed by atoms with Crippen LogP contribution < -0.4 is 0 Å². The minimum absolute atomic E-state index is 0.826. The van der Waals surface area contributed by atoms with Gasteiger partial charge in [0.25, 0.3) is 0 Å². The quantitative estimate of drug-likeness (QED) is 0.539. The zero-order valence-electron chi connectivity index (χ0n) is 16.8. The average Bonchev–Trinajstić information content (AvgIpc) is 3.35. The molecule has 0 bridgehead atoms. The number of aryl methyl sites for hydroxylation is 2. The Morgan fingerprint density at radius 1 is 0.929 bits per heavy atom. The fraction of sp³-hybridized carbons (Fsp3) is 0.391. The summed E-state index contributed by atoms with van der Waals surface area (Å²) < 4.78 is 2.31. The first-order chi connectivity index (χ1) is 13.7. The lowest BCUT2D eigenvalue weighted by molar-refractivity contribution is 0.316. The number of aromatic nitrogens is 3. The number of hydrogen-bond acceptors (Lipinski definition) is 4. The molecule has 1 fully saturated rings. The van der Waals surface area contributed by atoms with E-state index >= 15 is 0 Å². The zero-order chi connectivity index (χ0) is 19.3. The fourth-order valence-electron chi connectivity index (χ4n) is 3.71. The van der Waals surface area contributed by atoms with Crippen LogP contribution in [0.3, 0.4) is 0 Å². The highest BCUT2D eigenvalue weighted by Gasteiger charge is 2.19. The van der Waals surface area contributed by atoms with Crippen LogP contribution in [0.2, 0.25) is 0 Å². The molecular formula is C23H28N4S. The Morgan fingerprint density at radius 2 is 1.71 bits per heavy atom. The number of rotatable bonds is 7. The van der Waals surface area contributed by atoms with Gasteiger partial charge in [-0.3, -0.25) is 4.90 Å². The van der Waals surface area contributed by atoms with Crippen LogP contribution >= 0.6 is 11.8 Å². The second-order valence-electron chi connectivity index (χ2n) is 7.67. The second-order valence-corrected chi connectivity index (χ2v) is 8.61. The van der Waals surface area contributed by atoms with E-state index in [1.54, 1.807) is 11.8 Å². The molecule has 0 atom stereocenters. The van der Waals surface area contributed by atoms with Crippen molar-refractivity contribution in [2.24, 2.45) is 0 Å². The number of likely N-dealkylation sites (tertiary alicyclic amines) is 1. The predicted molar refractivity (Wildman–Crippen MR) is 116 cm³/mol. The van der Waals surface area contributed by atoms with E-state index in [0.717, 1.165) is 29.8 Å². The van der Waals surface area contributed by atoms with Crippen molar-refractivity contribution in [1.82, 2.24) is 19.7 Å². The molecular weight excluding hydrogens is 364 g/mol. The van der Waals surface area contributed by atoms with E-state index in [2.05, 4.69) is 82.0 Å². The Morgan fingerprint density at radius 3 is 2.50 bits per heavy atom. The Labute approximate surface area is 172 Å². The number of thioether (sulfide) groups is 1. The van der Waals surface area contributed by atoms with Crippen molar-refractivity contribution in [2.45, 2.75) is 50.7 Å². The van der Waals surface area contributed by atoms with E-state index in [0.29, 0.717) is 0 Å². The standard InChI is InChI=1S/C23H28N4S/c1-18-10-11-19(2)21(14-18)17-28-23-25-24-22(16-26-12-6-7-13-26)27(23)15-20-8-4-3-5-9-20/h3-5,8-11,14H,6-7,12-13,15-17H2,1-2H3. The maximum absolute atomic E-state index is 4.58. The Bertz CT molecular complexity index is 914. The minimum Gasteiger partial charge on any atom is -0.300 e. The number of hydrogen-bond donors (Lipinski definition) is 0. The van der Waals surface area contributed by atoms with Crippen molar-refractivity contribution in [3.05, 3.63) is 76.6 Å². The predicted octanol–water partition coefficient (Wildman–Crippen LogP) is 4.83. The summed E-state index contributed by atoms with van der Waals surface area (Å²) in [5, 5.41) is 10.2. The van der Waals surface area contributed by atoms with E-state index in [9.17, 15) is 0 Å². The Hall–Kier alpha value is -2.11. The molecule has 2 aromatic carbocycles. The van der Waals surface area contributed by atoms with Crippen molar-refractivity contribution in [3.63, 3.8) is 0 Å². The van der Waals surface area contributed by atoms with E-state index in [-0.39, 0.29) is 0 Å². The third kappa shape index (κ3) is 4.65. The number of benzene rings is 2. The van der Waals surface area contributed by atoms with E-state index in [1.165, 1.54) is 48.2 Å². The first-order valence-corrected chi connectivity index (χ1v) is 11.0. The molecule has 1 aliphatic rings. The van der Waals surface area contributed by atoms with Gasteiger partial charge in [-0.05, 0) is 56.5 Å². The average molecular weight is 393 g/mol. The third-order valence-electron chi connectivity index (χ3n) is 5.40. The number of nitrogens with zero attached hydrogens (tertiary/aromatic N) is 4. The summed E-state index contributed by atoms with van der Waals surface area (Å²) in [5.74, 6) is 2.00. The van der Waals surface area contributed by atoms with Gasteiger partial charge in [-0.1, -0.05) is 65.9 Å². The molecule has 146 valence electrons. The van der Waals surface area contributed by atoms with Crippen LogP contribution in [-0.2, 0) is 18.8 Å². The lowest BCUT2D eigenvalue weighted by atomic mass is 10.1. The van der Waals surface area contributed by atoms with Gasteiger partial charge in [0.05, 0.1) is 13.1 Å². The summed E-state index contributed by atoms with van der Waals surface area (Å²) >= 11 is 1.79. The van der Waals surface area contributed by atoms with Crippen LogP contribution in [0.4, 0.5) is 0 Å². The topological polar surface area (TPSA) is 34.0 Å². The first kappa shape index (κ1) is 19.2. The van der Waals surface area contributed by atoms with Crippen molar-refractivity contribution in [3.8, 4) is 0 Å². The third-order valence-corrected chi connectivity index (χ3v) is 6.42. The Kier molecular flexibility index (Phi) is 6.13. The summed E-state index contributed by atoms with van der Waals surface area (Å²) in [5.41, 5.74) is 5.31. The second kappa shape index (κ2) is 8.93. The first-order valence-electron chi connectivity index (χ1n) is 10.1. The Balaban J connectivity index is 1.56. The molecule has 0 amide bonds. The molecule has 0 spiro atoms. The highest BCUT2D eigenvalue weighted by atomic mass is 32.2. The highest BCUT2D eigenvalue weighted by Crippen LogP contribution is 2.26. The maximum atomic E-state index is 4.58. The largest absolute Gasteiger partial charge is 0.300 e. The van der Waals surface area contributed by atoms with E-state index in [4.69, 9.17) is 0 Å². The fourth-order valence-corrected chi connectivity index (χ4v) is 4.73. The lowest BCUT2D eigenvalue weighted by Gasteiger charge is -2.16. The van der Waals surface area contributed by atoms with Gasteiger partial charge in [0.1, 0.15) is 5.82 Å². The summed E-state index contributed by atoms with van der Waals surface area (Å²) in [6.07, 6.45) is 2.59. The molecule has 5 heteroatoms. The van der Waals surface area contributed by atoms with E-state index in [1.807, 2.05) is 0 Å². The van der Waals surface area contributed by atoms with Gasteiger partial charge in [0, 0.05) is 5.75 Å². The molecule has 2 heterocycles. The zero-order valence-corrected chi connectivity index (χ0v) is 17.6. The molecule has 0 radical (unpaired) electrons. The highest BCUT2D eigenvalue weighted by molar-refractivity contribution is 7.98. The maximum Gasteiger partial charge on any atom is 0.191 e.